The molecule has 0 aromatic rings. The van der Waals surface area contributed by atoms with Crippen LogP contribution in [0, 0.1) is 5.41 Å². The SMILES string of the molecule is OCC12CCCCC1=CC(O)CC2. The highest BCUT2D eigenvalue weighted by molar-refractivity contribution is 5.21. The lowest BCUT2D eigenvalue weighted by molar-refractivity contribution is 0.0838. The lowest BCUT2D eigenvalue weighted by atomic mass is 9.65. The minimum atomic E-state index is -0.257. The van der Waals surface area contributed by atoms with Crippen molar-refractivity contribution in [2.45, 2.75) is 44.6 Å². The fraction of sp³-hybridized carbons (Fsp3) is 0.818. The normalized spacial score (nSPS) is 39.5. The van der Waals surface area contributed by atoms with Gasteiger partial charge in [-0.3, -0.25) is 0 Å². The zero-order valence-electron chi connectivity index (χ0n) is 8.00. The van der Waals surface area contributed by atoms with Gasteiger partial charge in [-0.15, -0.1) is 0 Å². The molecule has 1 saturated carbocycles. The van der Waals surface area contributed by atoms with Crippen LogP contribution in [-0.4, -0.2) is 22.9 Å². The Labute approximate surface area is 79.3 Å². The Morgan fingerprint density at radius 3 is 3.00 bits per heavy atom. The second-order valence-electron chi connectivity index (χ2n) is 4.44. The summed E-state index contributed by atoms with van der Waals surface area (Å²) in [7, 11) is 0. The molecule has 2 atom stereocenters. The minimum Gasteiger partial charge on any atom is -0.395 e. The molecule has 0 aromatic carbocycles. The molecule has 2 heteroatoms. The summed E-state index contributed by atoms with van der Waals surface area (Å²) < 4.78 is 0. The number of fused-ring (bicyclic) bond motifs is 1. The van der Waals surface area contributed by atoms with Gasteiger partial charge in [0, 0.05) is 5.41 Å². The van der Waals surface area contributed by atoms with Gasteiger partial charge in [-0.25, -0.2) is 0 Å². The molecule has 1 fully saturated rings. The molecule has 2 unspecified atom stereocenters. The second kappa shape index (κ2) is 3.43. The van der Waals surface area contributed by atoms with Gasteiger partial charge in [0.05, 0.1) is 12.7 Å². The van der Waals surface area contributed by atoms with Crippen LogP contribution in [0.15, 0.2) is 11.6 Å². The zero-order valence-corrected chi connectivity index (χ0v) is 8.00. The summed E-state index contributed by atoms with van der Waals surface area (Å²) in [6.45, 7) is 0.269. The first kappa shape index (κ1) is 9.22. The number of hydrogen-bond donors (Lipinski definition) is 2. The monoisotopic (exact) mass is 182 g/mol. The third kappa shape index (κ3) is 1.53. The topological polar surface area (TPSA) is 40.5 Å². The van der Waals surface area contributed by atoms with Crippen molar-refractivity contribution in [3.05, 3.63) is 11.6 Å². The van der Waals surface area contributed by atoms with Crippen LogP contribution in [0.25, 0.3) is 0 Å². The van der Waals surface area contributed by atoms with E-state index in [4.69, 9.17) is 0 Å². The third-order valence-corrected chi connectivity index (χ3v) is 3.65. The van der Waals surface area contributed by atoms with E-state index in [9.17, 15) is 10.2 Å². The van der Waals surface area contributed by atoms with E-state index in [1.54, 1.807) is 0 Å². The molecule has 2 rings (SSSR count). The lowest BCUT2D eigenvalue weighted by Gasteiger charge is -2.42. The Morgan fingerprint density at radius 1 is 1.38 bits per heavy atom. The molecule has 2 aliphatic carbocycles. The molecule has 2 aliphatic rings. The van der Waals surface area contributed by atoms with Crippen LogP contribution < -0.4 is 0 Å². The van der Waals surface area contributed by atoms with Crippen molar-refractivity contribution in [3.63, 3.8) is 0 Å². The highest BCUT2D eigenvalue weighted by Crippen LogP contribution is 2.46. The highest BCUT2D eigenvalue weighted by Gasteiger charge is 2.38. The van der Waals surface area contributed by atoms with Gasteiger partial charge in [0.15, 0.2) is 0 Å². The van der Waals surface area contributed by atoms with Crippen LogP contribution in [-0.2, 0) is 0 Å². The van der Waals surface area contributed by atoms with Gasteiger partial charge in [0.2, 0.25) is 0 Å². The van der Waals surface area contributed by atoms with Crippen molar-refractivity contribution in [1.29, 1.82) is 0 Å². The highest BCUT2D eigenvalue weighted by atomic mass is 16.3. The van der Waals surface area contributed by atoms with E-state index in [1.165, 1.54) is 18.4 Å². The number of aliphatic hydroxyl groups is 2. The van der Waals surface area contributed by atoms with Crippen LogP contribution in [0.1, 0.15) is 38.5 Å². The smallest absolute Gasteiger partial charge is 0.0724 e. The van der Waals surface area contributed by atoms with E-state index in [1.807, 2.05) is 6.08 Å². The van der Waals surface area contributed by atoms with Crippen LogP contribution in [0.4, 0.5) is 0 Å². The predicted octanol–water partition coefficient (Wildman–Crippen LogP) is 1.62. The summed E-state index contributed by atoms with van der Waals surface area (Å²) in [5, 5.41) is 18.9. The molecule has 0 spiro atoms. The van der Waals surface area contributed by atoms with Gasteiger partial charge in [-0.1, -0.05) is 18.1 Å². The van der Waals surface area contributed by atoms with E-state index in [0.717, 1.165) is 25.7 Å². The summed E-state index contributed by atoms with van der Waals surface area (Å²) in [6.07, 6.45) is 8.17. The van der Waals surface area contributed by atoms with Gasteiger partial charge in [-0.2, -0.15) is 0 Å². The summed E-state index contributed by atoms with van der Waals surface area (Å²) in [4.78, 5) is 0. The largest absolute Gasteiger partial charge is 0.395 e. The van der Waals surface area contributed by atoms with Crippen molar-refractivity contribution >= 4 is 0 Å². The summed E-state index contributed by atoms with van der Waals surface area (Å²) >= 11 is 0. The standard InChI is InChI=1S/C11H18O2/c12-8-11-5-2-1-3-9(11)7-10(13)4-6-11/h7,10,12-13H,1-6,8H2. The summed E-state index contributed by atoms with van der Waals surface area (Å²) in [5.41, 5.74) is 1.37. The molecule has 13 heavy (non-hydrogen) atoms. The average Bonchev–Trinajstić information content (AvgIpc) is 2.18. The van der Waals surface area contributed by atoms with E-state index < -0.39 is 0 Å². The maximum absolute atomic E-state index is 9.50. The van der Waals surface area contributed by atoms with Gasteiger partial charge in [0.1, 0.15) is 0 Å². The molecule has 74 valence electrons. The molecule has 2 N–H and O–H groups in total. The minimum absolute atomic E-state index is 0.0531. The van der Waals surface area contributed by atoms with Gasteiger partial charge in [-0.05, 0) is 32.1 Å². The molecule has 2 nitrogen and oxygen atoms in total. The van der Waals surface area contributed by atoms with Gasteiger partial charge in [0.25, 0.3) is 0 Å². The van der Waals surface area contributed by atoms with Crippen LogP contribution in [0.3, 0.4) is 0 Å². The quantitative estimate of drug-likeness (QED) is 0.605. The molecular weight excluding hydrogens is 164 g/mol. The number of hydrogen-bond acceptors (Lipinski definition) is 2. The fourth-order valence-corrected chi connectivity index (χ4v) is 2.75. The third-order valence-electron chi connectivity index (χ3n) is 3.65. The summed E-state index contributed by atoms with van der Waals surface area (Å²) in [6, 6.07) is 0. The molecule has 0 aliphatic heterocycles. The lowest BCUT2D eigenvalue weighted by Crippen LogP contribution is -2.35. The maximum atomic E-state index is 9.50. The Morgan fingerprint density at radius 2 is 2.23 bits per heavy atom. The zero-order chi connectivity index (χ0) is 9.31. The average molecular weight is 182 g/mol. The molecular formula is C11H18O2. The van der Waals surface area contributed by atoms with E-state index >= 15 is 0 Å². The predicted molar refractivity (Wildman–Crippen MR) is 51.3 cm³/mol. The van der Waals surface area contributed by atoms with E-state index in [2.05, 4.69) is 0 Å². The first-order chi connectivity index (χ1) is 6.27. The Balaban J connectivity index is 2.25. The summed E-state index contributed by atoms with van der Waals surface area (Å²) in [5.74, 6) is 0. The first-order valence-electron chi connectivity index (χ1n) is 5.27. The first-order valence-corrected chi connectivity index (χ1v) is 5.27. The Bertz CT molecular complexity index is 222. The van der Waals surface area contributed by atoms with Crippen molar-refractivity contribution < 1.29 is 10.2 Å². The molecule has 0 saturated heterocycles. The van der Waals surface area contributed by atoms with Crippen molar-refractivity contribution in [3.8, 4) is 0 Å². The van der Waals surface area contributed by atoms with Crippen molar-refractivity contribution in [2.75, 3.05) is 6.61 Å². The molecule has 0 aromatic heterocycles. The fourth-order valence-electron chi connectivity index (χ4n) is 2.75. The van der Waals surface area contributed by atoms with Crippen LogP contribution in [0.2, 0.25) is 0 Å². The van der Waals surface area contributed by atoms with Crippen LogP contribution >= 0.6 is 0 Å². The van der Waals surface area contributed by atoms with E-state index in [0.29, 0.717) is 0 Å². The number of rotatable bonds is 1. The maximum Gasteiger partial charge on any atom is 0.0724 e. The van der Waals surface area contributed by atoms with Crippen LogP contribution in [0.5, 0.6) is 0 Å². The van der Waals surface area contributed by atoms with Crippen molar-refractivity contribution in [1.82, 2.24) is 0 Å². The molecule has 0 radical (unpaired) electrons. The number of aliphatic hydroxyl groups excluding tert-OH is 2. The van der Waals surface area contributed by atoms with Crippen molar-refractivity contribution in [2.24, 2.45) is 5.41 Å². The molecule has 0 bridgehead atoms. The Kier molecular flexibility index (Phi) is 2.43. The van der Waals surface area contributed by atoms with E-state index in [-0.39, 0.29) is 18.1 Å². The van der Waals surface area contributed by atoms with Gasteiger partial charge < -0.3 is 10.2 Å². The van der Waals surface area contributed by atoms with Gasteiger partial charge >= 0.3 is 0 Å². The molecule has 0 heterocycles. The Hall–Kier alpha value is -0.340. The second-order valence-corrected chi connectivity index (χ2v) is 4.44. The molecule has 0 amide bonds.